The number of halogens is 2. The summed E-state index contributed by atoms with van der Waals surface area (Å²) in [5.74, 6) is 3.80. The van der Waals surface area contributed by atoms with E-state index in [0.717, 1.165) is 16.5 Å². The van der Waals surface area contributed by atoms with Crippen LogP contribution in [0.3, 0.4) is 0 Å². The normalized spacial score (nSPS) is 19.6. The lowest BCUT2D eigenvalue weighted by atomic mass is 9.88. The fourth-order valence-corrected chi connectivity index (χ4v) is 4.83. The lowest BCUT2D eigenvalue weighted by molar-refractivity contribution is -0.137. The van der Waals surface area contributed by atoms with Crippen LogP contribution in [0.5, 0.6) is 0 Å². The van der Waals surface area contributed by atoms with Crippen molar-refractivity contribution in [1.82, 2.24) is 9.88 Å². The van der Waals surface area contributed by atoms with Gasteiger partial charge in [-0.3, -0.25) is 14.6 Å². The lowest BCUT2D eigenvalue weighted by Gasteiger charge is -2.51. The van der Waals surface area contributed by atoms with Crippen LogP contribution in [0.15, 0.2) is 67.0 Å². The molecule has 180 valence electrons. The van der Waals surface area contributed by atoms with Crippen LogP contribution in [0.2, 0.25) is 5.02 Å². The average molecular weight is 503 g/mol. The summed E-state index contributed by atoms with van der Waals surface area (Å²) in [7, 11) is 0. The van der Waals surface area contributed by atoms with Gasteiger partial charge in [0.2, 0.25) is 5.91 Å². The van der Waals surface area contributed by atoms with Gasteiger partial charge in [0, 0.05) is 42.3 Å². The van der Waals surface area contributed by atoms with Gasteiger partial charge in [0.25, 0.3) is 5.91 Å². The molecule has 36 heavy (non-hydrogen) atoms. The summed E-state index contributed by atoms with van der Waals surface area (Å²) in [6.45, 7) is 1.93. The van der Waals surface area contributed by atoms with E-state index in [4.69, 9.17) is 11.6 Å². The Kier molecular flexibility index (Phi) is 5.94. The van der Waals surface area contributed by atoms with Crippen LogP contribution in [-0.2, 0) is 9.59 Å². The quantitative estimate of drug-likeness (QED) is 0.491. The summed E-state index contributed by atoms with van der Waals surface area (Å²) < 4.78 is 15.2. The number of carbonyl (C=O) groups excluding carboxylic acids is 3. The van der Waals surface area contributed by atoms with Crippen molar-refractivity contribution in [1.29, 1.82) is 0 Å². The van der Waals surface area contributed by atoms with Crippen LogP contribution in [0.4, 0.5) is 20.6 Å². The molecule has 2 saturated heterocycles. The van der Waals surface area contributed by atoms with Crippen molar-refractivity contribution in [2.24, 2.45) is 0 Å². The second-order valence-corrected chi connectivity index (χ2v) is 9.09. The molecule has 4 amide bonds. The molecule has 1 aromatic heterocycles. The number of benzene rings is 2. The number of carbonyl (C=O) groups is 3. The van der Waals surface area contributed by atoms with E-state index < -0.39 is 23.3 Å². The maximum atomic E-state index is 15.2. The number of fused-ring (bicyclic) bond motifs is 1. The summed E-state index contributed by atoms with van der Waals surface area (Å²) in [6, 6.07) is 14.3. The second-order valence-electron chi connectivity index (χ2n) is 8.68. The van der Waals surface area contributed by atoms with Gasteiger partial charge in [-0.2, -0.15) is 0 Å². The molecule has 1 atom stereocenters. The molecule has 2 fully saturated rings. The predicted octanol–water partition coefficient (Wildman–Crippen LogP) is 4.24. The maximum Gasteiger partial charge on any atom is 0.332 e. The number of anilines is 2. The predicted molar refractivity (Wildman–Crippen MR) is 133 cm³/mol. The number of nitrogens with zero attached hydrogens (tertiary/aromatic N) is 4. The fourth-order valence-electron chi connectivity index (χ4n) is 4.54. The summed E-state index contributed by atoms with van der Waals surface area (Å²) in [5.41, 5.74) is -0.0826. The van der Waals surface area contributed by atoms with Gasteiger partial charge in [0.15, 0.2) is 0 Å². The standard InChI is InChI=1S/C27H20ClFN4O3/c1-27-17-23(34)33(26(36)32(27)14-13-31(25(27)35)20-9-11-30-12-10-20)24-21(28)15-19(16-22(24)29)8-7-18-5-3-2-4-6-18/h2-6,9-12,15-16H,13-14,17H2,1H3/t27-/m0/s1. The Balaban J connectivity index is 1.45. The highest BCUT2D eigenvalue weighted by Gasteiger charge is 2.55. The summed E-state index contributed by atoms with van der Waals surface area (Å²) in [5, 5.41) is -0.126. The van der Waals surface area contributed by atoms with Crippen molar-refractivity contribution in [3.63, 3.8) is 0 Å². The highest BCUT2D eigenvalue weighted by atomic mass is 35.5. The van der Waals surface area contributed by atoms with Crippen molar-refractivity contribution in [3.8, 4) is 11.8 Å². The van der Waals surface area contributed by atoms with Crippen molar-refractivity contribution in [3.05, 3.63) is 89.0 Å². The molecule has 5 rings (SSSR count). The van der Waals surface area contributed by atoms with E-state index in [1.54, 1.807) is 31.5 Å². The van der Waals surface area contributed by atoms with E-state index in [9.17, 15) is 14.4 Å². The van der Waals surface area contributed by atoms with Crippen molar-refractivity contribution < 1.29 is 18.8 Å². The highest BCUT2D eigenvalue weighted by Crippen LogP contribution is 2.39. The number of pyridine rings is 1. The Hall–Kier alpha value is -4.22. The van der Waals surface area contributed by atoms with Gasteiger partial charge in [-0.15, -0.1) is 0 Å². The molecule has 2 aliphatic heterocycles. The van der Waals surface area contributed by atoms with E-state index in [2.05, 4.69) is 16.8 Å². The SMILES string of the molecule is C[C@@]12CC(=O)N(c3c(F)cc(C#Cc4ccccc4)cc3Cl)C(=O)N1CCN(c1ccncc1)C2=O. The summed E-state index contributed by atoms with van der Waals surface area (Å²) in [4.78, 5) is 47.6. The Morgan fingerprint density at radius 1 is 0.972 bits per heavy atom. The Labute approximate surface area is 212 Å². The van der Waals surface area contributed by atoms with E-state index in [0.29, 0.717) is 11.3 Å². The molecule has 2 aliphatic rings. The molecule has 0 radical (unpaired) electrons. The first kappa shape index (κ1) is 23.5. The molecule has 0 unspecified atom stereocenters. The number of amides is 4. The zero-order valence-corrected chi connectivity index (χ0v) is 20.0. The first-order valence-corrected chi connectivity index (χ1v) is 11.6. The van der Waals surface area contributed by atoms with Gasteiger partial charge in [0.1, 0.15) is 17.0 Å². The smallest absolute Gasteiger partial charge is 0.308 e. The molecule has 0 bridgehead atoms. The third-order valence-electron chi connectivity index (χ3n) is 6.36. The van der Waals surface area contributed by atoms with Crippen molar-refractivity contribution in [2.45, 2.75) is 18.9 Å². The van der Waals surface area contributed by atoms with Gasteiger partial charge in [0.05, 0.1) is 11.4 Å². The molecule has 0 N–H and O–H groups in total. The first-order chi connectivity index (χ1) is 17.3. The molecule has 0 spiro atoms. The van der Waals surface area contributed by atoms with E-state index in [-0.39, 0.29) is 36.1 Å². The molecule has 7 nitrogen and oxygen atoms in total. The number of imide groups is 1. The van der Waals surface area contributed by atoms with Gasteiger partial charge in [-0.05, 0) is 43.3 Å². The van der Waals surface area contributed by atoms with Crippen LogP contribution in [0.1, 0.15) is 24.5 Å². The molecular formula is C27H20ClFN4O3. The molecule has 3 heterocycles. The molecule has 9 heteroatoms. The van der Waals surface area contributed by atoms with E-state index in [1.165, 1.54) is 15.9 Å². The Bertz CT molecular complexity index is 1410. The highest BCUT2D eigenvalue weighted by molar-refractivity contribution is 6.35. The second kappa shape index (κ2) is 9.10. The molecule has 0 saturated carbocycles. The average Bonchev–Trinajstić information content (AvgIpc) is 2.86. The minimum Gasteiger partial charge on any atom is -0.308 e. The number of hydrogen-bond donors (Lipinski definition) is 0. The zero-order chi connectivity index (χ0) is 25.4. The third-order valence-corrected chi connectivity index (χ3v) is 6.64. The third kappa shape index (κ3) is 3.97. The molecule has 2 aromatic carbocycles. The molecular weight excluding hydrogens is 483 g/mol. The van der Waals surface area contributed by atoms with Gasteiger partial charge in [-0.25, -0.2) is 14.1 Å². The topological polar surface area (TPSA) is 73.8 Å². The lowest BCUT2D eigenvalue weighted by Crippen LogP contribution is -2.72. The Morgan fingerprint density at radius 2 is 1.67 bits per heavy atom. The van der Waals surface area contributed by atoms with Gasteiger partial charge in [-0.1, -0.05) is 41.6 Å². The number of hydrogen-bond acceptors (Lipinski definition) is 4. The minimum absolute atomic E-state index is 0.126. The van der Waals surface area contributed by atoms with Crippen molar-refractivity contribution in [2.75, 3.05) is 22.9 Å². The van der Waals surface area contributed by atoms with Crippen LogP contribution in [0, 0.1) is 17.7 Å². The van der Waals surface area contributed by atoms with E-state index >= 15 is 4.39 Å². The number of rotatable bonds is 2. The van der Waals surface area contributed by atoms with Crippen LogP contribution >= 0.6 is 11.6 Å². The van der Waals surface area contributed by atoms with Gasteiger partial charge < -0.3 is 9.80 Å². The van der Waals surface area contributed by atoms with Gasteiger partial charge >= 0.3 is 6.03 Å². The Morgan fingerprint density at radius 3 is 2.36 bits per heavy atom. The number of aromatic nitrogens is 1. The molecule has 0 aliphatic carbocycles. The van der Waals surface area contributed by atoms with Crippen LogP contribution in [0.25, 0.3) is 0 Å². The largest absolute Gasteiger partial charge is 0.332 e. The summed E-state index contributed by atoms with van der Waals surface area (Å²) >= 11 is 6.37. The van der Waals surface area contributed by atoms with Crippen LogP contribution < -0.4 is 9.80 Å². The van der Waals surface area contributed by atoms with E-state index in [1.807, 2.05) is 30.3 Å². The first-order valence-electron chi connectivity index (χ1n) is 11.2. The molecule has 3 aromatic rings. The fraction of sp³-hybridized carbons (Fsp3) is 0.185. The number of piperazine rings is 1. The zero-order valence-electron chi connectivity index (χ0n) is 19.2. The minimum atomic E-state index is -1.41. The van der Waals surface area contributed by atoms with Crippen LogP contribution in [-0.4, -0.2) is 46.4 Å². The summed E-state index contributed by atoms with van der Waals surface area (Å²) in [6.07, 6.45) is 2.81. The maximum absolute atomic E-state index is 15.2. The number of urea groups is 1. The van der Waals surface area contributed by atoms with Crippen molar-refractivity contribution >= 4 is 40.8 Å². The monoisotopic (exact) mass is 502 g/mol.